The van der Waals surface area contributed by atoms with Crippen molar-refractivity contribution in [2.75, 3.05) is 0 Å². The van der Waals surface area contributed by atoms with Gasteiger partial charge < -0.3 is 5.32 Å². The van der Waals surface area contributed by atoms with E-state index in [1.807, 2.05) is 6.07 Å². The number of nitro groups is 1. The van der Waals surface area contributed by atoms with Crippen molar-refractivity contribution in [2.24, 2.45) is 0 Å². The number of benzene rings is 1. The van der Waals surface area contributed by atoms with Crippen molar-refractivity contribution in [3.05, 3.63) is 39.9 Å². The zero-order chi connectivity index (χ0) is 13.1. The second-order valence-electron chi connectivity index (χ2n) is 4.00. The van der Waals surface area contributed by atoms with Gasteiger partial charge in [-0.05, 0) is 19.9 Å². The summed E-state index contributed by atoms with van der Waals surface area (Å²) in [5.74, 6) is -0.514. The standard InChI is InChI=1S/C11H11N3O3/c1-11(2,7-12)13-10(15)8-4-3-5-9(6-8)14(16)17/h3-6H,1-2H3,(H,13,15). The van der Waals surface area contributed by atoms with Crippen LogP contribution in [0.3, 0.4) is 0 Å². The monoisotopic (exact) mass is 233 g/mol. The minimum atomic E-state index is -1.01. The van der Waals surface area contributed by atoms with E-state index in [0.29, 0.717) is 0 Å². The van der Waals surface area contributed by atoms with E-state index in [4.69, 9.17) is 5.26 Å². The average molecular weight is 233 g/mol. The van der Waals surface area contributed by atoms with E-state index in [2.05, 4.69) is 5.32 Å². The first-order valence-corrected chi connectivity index (χ1v) is 4.84. The van der Waals surface area contributed by atoms with Crippen LogP contribution in [-0.2, 0) is 0 Å². The second-order valence-corrected chi connectivity index (χ2v) is 4.00. The molecule has 0 aromatic heterocycles. The van der Waals surface area contributed by atoms with Crippen molar-refractivity contribution < 1.29 is 9.72 Å². The molecule has 0 spiro atoms. The van der Waals surface area contributed by atoms with Crippen molar-refractivity contribution in [3.8, 4) is 6.07 Å². The zero-order valence-corrected chi connectivity index (χ0v) is 9.43. The van der Waals surface area contributed by atoms with Gasteiger partial charge >= 0.3 is 0 Å². The molecule has 1 amide bonds. The van der Waals surface area contributed by atoms with Gasteiger partial charge in [-0.2, -0.15) is 5.26 Å². The minimum Gasteiger partial charge on any atom is -0.334 e. The fourth-order valence-electron chi connectivity index (χ4n) is 1.14. The normalized spacial score (nSPS) is 10.4. The molecule has 88 valence electrons. The van der Waals surface area contributed by atoms with Gasteiger partial charge in [-0.3, -0.25) is 14.9 Å². The molecule has 1 aromatic rings. The molecule has 0 aliphatic heterocycles. The third-order valence-electron chi connectivity index (χ3n) is 2.02. The molecular weight excluding hydrogens is 222 g/mol. The number of nitrogens with zero attached hydrogens (tertiary/aromatic N) is 2. The van der Waals surface area contributed by atoms with Gasteiger partial charge in [0.1, 0.15) is 5.54 Å². The Morgan fingerprint density at radius 1 is 1.53 bits per heavy atom. The van der Waals surface area contributed by atoms with Gasteiger partial charge in [0, 0.05) is 17.7 Å². The number of amides is 1. The van der Waals surface area contributed by atoms with Crippen molar-refractivity contribution in [3.63, 3.8) is 0 Å². The number of nitro benzene ring substituents is 1. The molecule has 1 N–H and O–H groups in total. The summed E-state index contributed by atoms with van der Waals surface area (Å²) in [6.07, 6.45) is 0. The number of carbonyl (C=O) groups excluding carboxylic acids is 1. The van der Waals surface area contributed by atoms with E-state index < -0.39 is 16.4 Å². The van der Waals surface area contributed by atoms with Crippen LogP contribution in [0.4, 0.5) is 5.69 Å². The number of hydrogen-bond acceptors (Lipinski definition) is 4. The summed E-state index contributed by atoms with van der Waals surface area (Å²) in [5, 5.41) is 21.8. The lowest BCUT2D eigenvalue weighted by atomic mass is 10.1. The van der Waals surface area contributed by atoms with Crippen LogP contribution in [0.1, 0.15) is 24.2 Å². The van der Waals surface area contributed by atoms with Crippen LogP contribution in [0.2, 0.25) is 0 Å². The van der Waals surface area contributed by atoms with Crippen LogP contribution < -0.4 is 5.32 Å². The average Bonchev–Trinajstić information content (AvgIpc) is 2.28. The van der Waals surface area contributed by atoms with Crippen LogP contribution in [0.5, 0.6) is 0 Å². The fraction of sp³-hybridized carbons (Fsp3) is 0.273. The number of carbonyl (C=O) groups is 1. The van der Waals surface area contributed by atoms with Crippen LogP contribution >= 0.6 is 0 Å². The summed E-state index contributed by atoms with van der Waals surface area (Å²) >= 11 is 0. The van der Waals surface area contributed by atoms with E-state index in [0.717, 1.165) is 0 Å². The van der Waals surface area contributed by atoms with E-state index in [1.165, 1.54) is 24.3 Å². The molecule has 1 aromatic carbocycles. The van der Waals surface area contributed by atoms with Crippen molar-refractivity contribution in [1.29, 1.82) is 5.26 Å². The molecular formula is C11H11N3O3. The molecule has 0 atom stereocenters. The smallest absolute Gasteiger partial charge is 0.270 e. The van der Waals surface area contributed by atoms with Gasteiger partial charge in [-0.15, -0.1) is 0 Å². The summed E-state index contributed by atoms with van der Waals surface area (Å²) in [5.41, 5.74) is -1.02. The maximum atomic E-state index is 11.7. The molecule has 6 nitrogen and oxygen atoms in total. The molecule has 0 saturated heterocycles. The molecule has 17 heavy (non-hydrogen) atoms. The molecule has 0 heterocycles. The van der Waals surface area contributed by atoms with Crippen molar-refractivity contribution >= 4 is 11.6 Å². The van der Waals surface area contributed by atoms with Gasteiger partial charge in [0.05, 0.1) is 11.0 Å². The lowest BCUT2D eigenvalue weighted by Gasteiger charge is -2.17. The maximum Gasteiger partial charge on any atom is 0.270 e. The lowest BCUT2D eigenvalue weighted by molar-refractivity contribution is -0.384. The van der Waals surface area contributed by atoms with Crippen LogP contribution in [0.25, 0.3) is 0 Å². The largest absolute Gasteiger partial charge is 0.334 e. The Kier molecular flexibility index (Phi) is 3.43. The summed E-state index contributed by atoms with van der Waals surface area (Å²) in [6, 6.07) is 7.26. The Morgan fingerprint density at radius 3 is 2.71 bits per heavy atom. The van der Waals surface area contributed by atoms with Gasteiger partial charge in [-0.1, -0.05) is 6.07 Å². The Morgan fingerprint density at radius 2 is 2.18 bits per heavy atom. The number of nitrogens with one attached hydrogen (secondary N) is 1. The number of non-ortho nitro benzene ring substituents is 1. The van der Waals surface area contributed by atoms with E-state index >= 15 is 0 Å². The Balaban J connectivity index is 2.95. The molecule has 0 unspecified atom stereocenters. The molecule has 6 heteroatoms. The van der Waals surface area contributed by atoms with E-state index in [-0.39, 0.29) is 11.3 Å². The predicted molar refractivity (Wildman–Crippen MR) is 60.3 cm³/mol. The molecule has 0 aliphatic carbocycles. The molecule has 0 radical (unpaired) electrons. The van der Waals surface area contributed by atoms with Crippen LogP contribution in [-0.4, -0.2) is 16.4 Å². The minimum absolute atomic E-state index is 0.155. The van der Waals surface area contributed by atoms with Crippen molar-refractivity contribution in [2.45, 2.75) is 19.4 Å². The highest BCUT2D eigenvalue weighted by Gasteiger charge is 2.21. The molecule has 0 fully saturated rings. The van der Waals surface area contributed by atoms with E-state index in [9.17, 15) is 14.9 Å². The first kappa shape index (κ1) is 12.6. The number of rotatable bonds is 3. The quantitative estimate of drug-likeness (QED) is 0.633. The molecule has 0 saturated carbocycles. The first-order chi connectivity index (χ1) is 7.85. The van der Waals surface area contributed by atoms with Crippen LogP contribution in [0, 0.1) is 21.4 Å². The van der Waals surface area contributed by atoms with Crippen LogP contribution in [0.15, 0.2) is 24.3 Å². The molecule has 1 rings (SSSR count). The third-order valence-corrected chi connectivity index (χ3v) is 2.02. The summed E-state index contributed by atoms with van der Waals surface area (Å²) in [6.45, 7) is 3.09. The molecule has 0 aliphatic rings. The SMILES string of the molecule is CC(C)(C#N)NC(=O)c1cccc([N+](=O)[O-])c1. The topological polar surface area (TPSA) is 96.0 Å². The summed E-state index contributed by atoms with van der Waals surface area (Å²) in [4.78, 5) is 21.7. The summed E-state index contributed by atoms with van der Waals surface area (Å²) < 4.78 is 0. The highest BCUT2D eigenvalue weighted by atomic mass is 16.6. The maximum absolute atomic E-state index is 11.7. The van der Waals surface area contributed by atoms with E-state index in [1.54, 1.807) is 13.8 Å². The number of hydrogen-bond donors (Lipinski definition) is 1. The first-order valence-electron chi connectivity index (χ1n) is 4.84. The van der Waals surface area contributed by atoms with Gasteiger partial charge in [0.2, 0.25) is 0 Å². The lowest BCUT2D eigenvalue weighted by Crippen LogP contribution is -2.42. The summed E-state index contributed by atoms with van der Waals surface area (Å²) in [7, 11) is 0. The Bertz CT molecular complexity index is 503. The molecule has 0 bridgehead atoms. The Hall–Kier alpha value is -2.42. The Labute approximate surface area is 98.0 Å². The van der Waals surface area contributed by atoms with Gasteiger partial charge in [0.25, 0.3) is 11.6 Å². The fourth-order valence-corrected chi connectivity index (χ4v) is 1.14. The highest BCUT2D eigenvalue weighted by Crippen LogP contribution is 2.13. The zero-order valence-electron chi connectivity index (χ0n) is 9.43. The van der Waals surface area contributed by atoms with Gasteiger partial charge in [-0.25, -0.2) is 0 Å². The van der Waals surface area contributed by atoms with Crippen molar-refractivity contribution in [1.82, 2.24) is 5.32 Å². The second kappa shape index (κ2) is 4.61. The highest BCUT2D eigenvalue weighted by molar-refractivity contribution is 5.95. The predicted octanol–water partition coefficient (Wildman–Crippen LogP) is 1.63. The number of nitriles is 1. The van der Waals surface area contributed by atoms with Gasteiger partial charge in [0.15, 0.2) is 0 Å². The third kappa shape index (κ3) is 3.28.